The Bertz CT molecular complexity index is 1190. The summed E-state index contributed by atoms with van der Waals surface area (Å²) >= 11 is 6.24. The number of rotatable bonds is 11. The van der Waals surface area contributed by atoms with Crippen LogP contribution in [0.4, 0.5) is 8.78 Å². The van der Waals surface area contributed by atoms with Crippen LogP contribution in [0.5, 0.6) is 5.75 Å². The predicted molar refractivity (Wildman–Crippen MR) is 141 cm³/mol. The number of hydrogen-bond acceptors (Lipinski definition) is 5. The summed E-state index contributed by atoms with van der Waals surface area (Å²) in [6, 6.07) is 11.7. The van der Waals surface area contributed by atoms with Crippen molar-refractivity contribution < 1.29 is 26.7 Å². The lowest BCUT2D eigenvalue weighted by molar-refractivity contribution is -0.126. The van der Waals surface area contributed by atoms with Gasteiger partial charge in [0, 0.05) is 17.6 Å². The van der Waals surface area contributed by atoms with Crippen molar-refractivity contribution in [2.45, 2.75) is 57.7 Å². The number of aryl methyl sites for hydroxylation is 1. The van der Waals surface area contributed by atoms with Gasteiger partial charge in [-0.1, -0.05) is 35.9 Å². The van der Waals surface area contributed by atoms with E-state index in [-0.39, 0.29) is 24.2 Å². The van der Waals surface area contributed by atoms with E-state index in [1.807, 2.05) is 26.0 Å². The van der Waals surface area contributed by atoms with E-state index >= 15 is 0 Å². The molecule has 1 aliphatic heterocycles. The summed E-state index contributed by atoms with van der Waals surface area (Å²) in [5, 5.41) is 3.58. The number of amides is 1. The van der Waals surface area contributed by atoms with E-state index in [0.717, 1.165) is 24.2 Å². The number of nitrogens with one attached hydrogen (secondary N) is 2. The van der Waals surface area contributed by atoms with Gasteiger partial charge in [0.2, 0.25) is 15.9 Å². The topological polar surface area (TPSA) is 87.7 Å². The smallest absolute Gasteiger partial charge is 0.387 e. The molecule has 1 atom stereocenters. The normalized spacial score (nSPS) is 16.9. The number of sulfonamides is 1. The van der Waals surface area contributed by atoms with E-state index in [0.29, 0.717) is 36.4 Å². The molecule has 7 nitrogen and oxygen atoms in total. The fourth-order valence-electron chi connectivity index (χ4n) is 4.54. The average Bonchev–Trinajstić information content (AvgIpc) is 2.82. The minimum absolute atomic E-state index is 0.0339. The Balaban J connectivity index is 1.70. The van der Waals surface area contributed by atoms with Crippen molar-refractivity contribution in [3.8, 4) is 5.75 Å². The summed E-state index contributed by atoms with van der Waals surface area (Å²) in [6.07, 6.45) is 3.10. The number of carbonyl (C=O) groups excluding carboxylic acids is 1. The van der Waals surface area contributed by atoms with Crippen molar-refractivity contribution in [1.29, 1.82) is 0 Å². The predicted octanol–water partition coefficient (Wildman–Crippen LogP) is 4.23. The number of likely N-dealkylation sites (tertiary alicyclic amines) is 1. The quantitative estimate of drug-likeness (QED) is 0.432. The van der Waals surface area contributed by atoms with Gasteiger partial charge < -0.3 is 15.0 Å². The molecule has 1 saturated heterocycles. The standard InChI is InChI=1S/C26H34ClF2N3O4S/c1-18-15-20(7-8-23(18)27)26(2,11-14-32-12-9-21(10-13-32)31-37(3,34)35)24(33)30-17-19-5-4-6-22(16-19)36-25(28)29/h4-8,15-16,21,25,31H,9-14,17H2,1-3H3,(H,30,33). The van der Waals surface area contributed by atoms with Crippen LogP contribution in [0.1, 0.15) is 42.9 Å². The van der Waals surface area contributed by atoms with Crippen LogP contribution in [0, 0.1) is 6.92 Å². The van der Waals surface area contributed by atoms with E-state index in [1.54, 1.807) is 18.2 Å². The third-order valence-electron chi connectivity index (χ3n) is 6.77. The zero-order valence-corrected chi connectivity index (χ0v) is 22.8. The largest absolute Gasteiger partial charge is 0.435 e. The number of carbonyl (C=O) groups is 1. The van der Waals surface area contributed by atoms with E-state index in [9.17, 15) is 22.0 Å². The second kappa shape index (κ2) is 12.5. The first-order valence-electron chi connectivity index (χ1n) is 12.1. The van der Waals surface area contributed by atoms with Crippen LogP contribution in [0.2, 0.25) is 5.02 Å². The van der Waals surface area contributed by atoms with Crippen LogP contribution in [-0.2, 0) is 26.8 Å². The molecule has 0 spiro atoms. The second-order valence-corrected chi connectivity index (χ2v) is 11.9. The van der Waals surface area contributed by atoms with E-state index < -0.39 is 22.0 Å². The first-order chi connectivity index (χ1) is 17.4. The zero-order valence-electron chi connectivity index (χ0n) is 21.3. The summed E-state index contributed by atoms with van der Waals surface area (Å²) in [5.74, 6) is -0.158. The Morgan fingerprint density at radius 1 is 1.22 bits per heavy atom. The van der Waals surface area contributed by atoms with Gasteiger partial charge in [-0.2, -0.15) is 8.78 Å². The van der Waals surface area contributed by atoms with E-state index in [1.165, 1.54) is 18.4 Å². The summed E-state index contributed by atoms with van der Waals surface area (Å²) in [4.78, 5) is 15.8. The summed E-state index contributed by atoms with van der Waals surface area (Å²) in [6.45, 7) is 3.10. The number of piperidine rings is 1. The molecule has 3 rings (SSSR count). The van der Waals surface area contributed by atoms with E-state index in [2.05, 4.69) is 19.7 Å². The molecule has 0 saturated carbocycles. The molecule has 1 aliphatic rings. The molecular weight excluding hydrogens is 524 g/mol. The summed E-state index contributed by atoms with van der Waals surface area (Å²) in [7, 11) is -3.25. The van der Waals surface area contributed by atoms with Crippen molar-refractivity contribution >= 4 is 27.5 Å². The van der Waals surface area contributed by atoms with Gasteiger partial charge in [0.05, 0.1) is 11.7 Å². The van der Waals surface area contributed by atoms with Crippen molar-refractivity contribution in [1.82, 2.24) is 14.9 Å². The van der Waals surface area contributed by atoms with Gasteiger partial charge >= 0.3 is 6.61 Å². The number of nitrogens with zero attached hydrogens (tertiary/aromatic N) is 1. The van der Waals surface area contributed by atoms with Crippen molar-refractivity contribution in [2.75, 3.05) is 25.9 Å². The minimum atomic E-state index is -3.25. The number of ether oxygens (including phenoxy) is 1. The highest BCUT2D eigenvalue weighted by Gasteiger charge is 2.36. The average molecular weight is 558 g/mol. The Morgan fingerprint density at radius 3 is 2.54 bits per heavy atom. The maximum atomic E-state index is 13.6. The molecule has 1 amide bonds. The molecule has 2 N–H and O–H groups in total. The van der Waals surface area contributed by atoms with Crippen LogP contribution in [0.25, 0.3) is 0 Å². The van der Waals surface area contributed by atoms with Crippen LogP contribution >= 0.6 is 11.6 Å². The number of halogens is 3. The highest BCUT2D eigenvalue weighted by molar-refractivity contribution is 7.88. The summed E-state index contributed by atoms with van der Waals surface area (Å²) in [5.41, 5.74) is 1.45. The maximum Gasteiger partial charge on any atom is 0.387 e. The lowest BCUT2D eigenvalue weighted by Gasteiger charge is -2.35. The van der Waals surface area contributed by atoms with E-state index in [4.69, 9.17) is 11.6 Å². The first kappa shape index (κ1) is 29.3. The molecule has 37 heavy (non-hydrogen) atoms. The van der Waals surface area contributed by atoms with Gasteiger partial charge in [-0.15, -0.1) is 0 Å². The van der Waals surface area contributed by atoms with Gasteiger partial charge in [-0.3, -0.25) is 4.79 Å². The molecule has 0 aromatic heterocycles. The Kier molecular flexibility index (Phi) is 9.91. The molecule has 2 aromatic rings. The zero-order chi connectivity index (χ0) is 27.2. The van der Waals surface area contributed by atoms with Crippen molar-refractivity contribution in [3.05, 3.63) is 64.2 Å². The SMILES string of the molecule is Cc1cc(C(C)(CCN2CCC(NS(C)(=O)=O)CC2)C(=O)NCc2cccc(OC(F)F)c2)ccc1Cl. The van der Waals surface area contributed by atoms with Crippen molar-refractivity contribution in [2.24, 2.45) is 0 Å². The molecule has 11 heteroatoms. The highest BCUT2D eigenvalue weighted by atomic mass is 35.5. The number of benzene rings is 2. The van der Waals surface area contributed by atoms with Crippen LogP contribution in [0.15, 0.2) is 42.5 Å². The molecule has 2 aromatic carbocycles. The van der Waals surface area contributed by atoms with Gasteiger partial charge in [0.1, 0.15) is 5.75 Å². The second-order valence-electron chi connectivity index (χ2n) is 9.76. The molecule has 0 radical (unpaired) electrons. The molecule has 0 aliphatic carbocycles. The Hall–Kier alpha value is -2.27. The fourth-order valence-corrected chi connectivity index (χ4v) is 5.50. The minimum Gasteiger partial charge on any atom is -0.435 e. The molecular formula is C26H34ClF2N3O4S. The number of alkyl halides is 2. The highest BCUT2D eigenvalue weighted by Crippen LogP contribution is 2.32. The Labute approximate surface area is 222 Å². The molecule has 0 bridgehead atoms. The number of hydrogen-bond donors (Lipinski definition) is 2. The van der Waals surface area contributed by atoms with Gasteiger partial charge in [0.25, 0.3) is 0 Å². The van der Waals surface area contributed by atoms with Crippen LogP contribution < -0.4 is 14.8 Å². The monoisotopic (exact) mass is 557 g/mol. The lowest BCUT2D eigenvalue weighted by atomic mass is 9.77. The third-order valence-corrected chi connectivity index (χ3v) is 7.95. The Morgan fingerprint density at radius 2 is 1.92 bits per heavy atom. The lowest BCUT2D eigenvalue weighted by Crippen LogP contribution is -2.47. The molecule has 1 heterocycles. The first-order valence-corrected chi connectivity index (χ1v) is 14.4. The summed E-state index contributed by atoms with van der Waals surface area (Å²) < 4.78 is 55.3. The van der Waals surface area contributed by atoms with Crippen molar-refractivity contribution in [3.63, 3.8) is 0 Å². The van der Waals surface area contributed by atoms with Gasteiger partial charge in [-0.25, -0.2) is 13.1 Å². The van der Waals surface area contributed by atoms with Gasteiger partial charge in [0.15, 0.2) is 0 Å². The molecule has 1 unspecified atom stereocenters. The third kappa shape index (κ3) is 8.63. The van der Waals surface area contributed by atoms with Crippen LogP contribution in [-0.4, -0.2) is 57.8 Å². The van der Waals surface area contributed by atoms with Gasteiger partial charge in [-0.05, 0) is 87.6 Å². The van der Waals surface area contributed by atoms with Crippen LogP contribution in [0.3, 0.4) is 0 Å². The maximum absolute atomic E-state index is 13.6. The fraction of sp³-hybridized carbons (Fsp3) is 0.500. The molecule has 204 valence electrons. The molecule has 1 fully saturated rings.